The average Bonchev–Trinajstić information content (AvgIpc) is 2.48. The Bertz CT molecular complexity index is 710. The number of aryl methyl sites for hydroxylation is 2. The molecule has 0 fully saturated rings. The van der Waals surface area contributed by atoms with E-state index >= 15 is 0 Å². The first-order chi connectivity index (χ1) is 10.5. The molecule has 0 saturated heterocycles. The Hall–Kier alpha value is -2.08. The van der Waals surface area contributed by atoms with E-state index in [1.54, 1.807) is 6.92 Å². The molecule has 1 aromatic heterocycles. The van der Waals surface area contributed by atoms with Gasteiger partial charge < -0.3 is 10.3 Å². The van der Waals surface area contributed by atoms with Gasteiger partial charge >= 0.3 is 0 Å². The number of carbonyl (C=O) groups is 1. The Labute approximate surface area is 133 Å². The number of H-pyrrole nitrogens is 1. The number of thioether (sulfide) groups is 1. The minimum atomic E-state index is -0.364. The first kappa shape index (κ1) is 16.3. The summed E-state index contributed by atoms with van der Waals surface area (Å²) >= 11 is 1.24. The van der Waals surface area contributed by atoms with Gasteiger partial charge in [-0.15, -0.1) is 0 Å². The third-order valence-corrected chi connectivity index (χ3v) is 4.10. The molecule has 1 amide bonds. The lowest BCUT2D eigenvalue weighted by molar-refractivity contribution is -0.115. The molecule has 1 unspecified atom stereocenters. The van der Waals surface area contributed by atoms with Gasteiger partial charge in [-0.25, -0.2) is 4.98 Å². The molecule has 0 aliphatic rings. The molecule has 0 aliphatic heterocycles. The fourth-order valence-corrected chi connectivity index (χ4v) is 2.65. The van der Waals surface area contributed by atoms with E-state index in [9.17, 15) is 9.59 Å². The second-order valence-electron chi connectivity index (χ2n) is 5.01. The van der Waals surface area contributed by atoms with Gasteiger partial charge in [-0.1, -0.05) is 36.4 Å². The third kappa shape index (κ3) is 4.46. The molecule has 22 heavy (non-hydrogen) atoms. The molecule has 0 bridgehead atoms. The van der Waals surface area contributed by atoms with E-state index in [-0.39, 0.29) is 16.7 Å². The van der Waals surface area contributed by atoms with Crippen LogP contribution in [0.2, 0.25) is 0 Å². The summed E-state index contributed by atoms with van der Waals surface area (Å²) in [4.78, 5) is 30.7. The smallest absolute Gasteiger partial charge is 0.251 e. The molecule has 1 atom stereocenters. The summed E-state index contributed by atoms with van der Waals surface area (Å²) in [6.07, 6.45) is 0.682. The number of benzene rings is 1. The minimum Gasteiger partial charge on any atom is -0.325 e. The lowest BCUT2D eigenvalue weighted by Gasteiger charge is -2.12. The van der Waals surface area contributed by atoms with Crippen LogP contribution in [0.1, 0.15) is 25.1 Å². The SMILES string of the molecule is CCc1cc(=O)[nH]c(SC(C)C(=O)Nc2ccc(C)cc2)n1. The zero-order valence-corrected chi connectivity index (χ0v) is 13.7. The molecule has 1 heterocycles. The molecule has 0 saturated carbocycles. The van der Waals surface area contributed by atoms with Crippen LogP contribution in [0.3, 0.4) is 0 Å². The number of aromatic amines is 1. The van der Waals surface area contributed by atoms with Crippen LogP contribution in [0.15, 0.2) is 40.3 Å². The Morgan fingerprint density at radius 1 is 1.36 bits per heavy atom. The molecule has 0 radical (unpaired) electrons. The summed E-state index contributed by atoms with van der Waals surface area (Å²) < 4.78 is 0. The van der Waals surface area contributed by atoms with Crippen molar-refractivity contribution in [3.8, 4) is 0 Å². The zero-order chi connectivity index (χ0) is 16.1. The molecular formula is C16H19N3O2S. The predicted octanol–water partition coefficient (Wildman–Crippen LogP) is 2.76. The van der Waals surface area contributed by atoms with E-state index in [2.05, 4.69) is 15.3 Å². The maximum Gasteiger partial charge on any atom is 0.251 e. The summed E-state index contributed by atoms with van der Waals surface area (Å²) in [5.74, 6) is -0.126. The third-order valence-electron chi connectivity index (χ3n) is 3.11. The van der Waals surface area contributed by atoms with Crippen molar-refractivity contribution in [1.29, 1.82) is 0 Å². The fourth-order valence-electron chi connectivity index (χ4n) is 1.82. The summed E-state index contributed by atoms with van der Waals surface area (Å²) in [6, 6.07) is 9.08. The number of rotatable bonds is 5. The molecule has 2 aromatic rings. The van der Waals surface area contributed by atoms with Crippen LogP contribution in [-0.4, -0.2) is 21.1 Å². The number of nitrogens with zero attached hydrogens (tertiary/aromatic N) is 1. The van der Waals surface area contributed by atoms with E-state index in [0.717, 1.165) is 16.9 Å². The van der Waals surface area contributed by atoms with Gasteiger partial charge in [0.25, 0.3) is 5.56 Å². The van der Waals surface area contributed by atoms with Crippen molar-refractivity contribution in [2.45, 2.75) is 37.6 Å². The Kier molecular flexibility index (Phi) is 5.38. The second-order valence-corrected chi connectivity index (χ2v) is 6.34. The molecular weight excluding hydrogens is 298 g/mol. The van der Waals surface area contributed by atoms with Gasteiger partial charge in [0.05, 0.1) is 5.25 Å². The van der Waals surface area contributed by atoms with Gasteiger partial charge in [0, 0.05) is 17.4 Å². The van der Waals surface area contributed by atoms with Gasteiger partial charge in [0.15, 0.2) is 5.16 Å². The highest BCUT2D eigenvalue weighted by Gasteiger charge is 2.16. The first-order valence-electron chi connectivity index (χ1n) is 7.12. The molecule has 6 heteroatoms. The van der Waals surface area contributed by atoms with Gasteiger partial charge in [-0.2, -0.15) is 0 Å². The van der Waals surface area contributed by atoms with Crippen molar-refractivity contribution in [2.75, 3.05) is 5.32 Å². The summed E-state index contributed by atoms with van der Waals surface area (Å²) in [7, 11) is 0. The molecule has 5 nitrogen and oxygen atoms in total. The van der Waals surface area contributed by atoms with Crippen molar-refractivity contribution >= 4 is 23.4 Å². The standard InChI is InChI=1S/C16H19N3O2S/c1-4-12-9-14(20)19-16(18-12)22-11(3)15(21)17-13-7-5-10(2)6-8-13/h5-9,11H,4H2,1-3H3,(H,17,21)(H,18,19,20). The number of aromatic nitrogens is 2. The number of carbonyl (C=O) groups excluding carboxylic acids is 1. The molecule has 2 N–H and O–H groups in total. The average molecular weight is 317 g/mol. The normalized spacial score (nSPS) is 12.0. The Morgan fingerprint density at radius 2 is 2.05 bits per heavy atom. The monoisotopic (exact) mass is 317 g/mol. The largest absolute Gasteiger partial charge is 0.325 e. The lowest BCUT2D eigenvalue weighted by atomic mass is 10.2. The zero-order valence-electron chi connectivity index (χ0n) is 12.8. The summed E-state index contributed by atoms with van der Waals surface area (Å²) in [6.45, 7) is 5.71. The maximum atomic E-state index is 12.2. The van der Waals surface area contributed by atoms with E-state index in [0.29, 0.717) is 11.6 Å². The summed E-state index contributed by atoms with van der Waals surface area (Å²) in [5.41, 5.74) is 2.42. The van der Waals surface area contributed by atoms with Gasteiger partial charge in [0.1, 0.15) is 0 Å². The van der Waals surface area contributed by atoms with E-state index < -0.39 is 0 Å². The molecule has 0 spiro atoms. The van der Waals surface area contributed by atoms with Crippen molar-refractivity contribution in [1.82, 2.24) is 9.97 Å². The Morgan fingerprint density at radius 3 is 2.68 bits per heavy atom. The van der Waals surface area contributed by atoms with Crippen LogP contribution < -0.4 is 10.9 Å². The van der Waals surface area contributed by atoms with Crippen LogP contribution in [0, 0.1) is 6.92 Å². The lowest BCUT2D eigenvalue weighted by Crippen LogP contribution is -2.23. The number of hydrogen-bond acceptors (Lipinski definition) is 4. The van der Waals surface area contributed by atoms with E-state index in [1.807, 2.05) is 38.1 Å². The highest BCUT2D eigenvalue weighted by Crippen LogP contribution is 2.20. The number of nitrogens with one attached hydrogen (secondary N) is 2. The van der Waals surface area contributed by atoms with Crippen LogP contribution >= 0.6 is 11.8 Å². The van der Waals surface area contributed by atoms with Crippen molar-refractivity contribution in [3.05, 3.63) is 51.9 Å². The van der Waals surface area contributed by atoms with Crippen LogP contribution in [0.25, 0.3) is 0 Å². The maximum absolute atomic E-state index is 12.2. The highest BCUT2D eigenvalue weighted by molar-refractivity contribution is 8.00. The molecule has 1 aromatic carbocycles. The first-order valence-corrected chi connectivity index (χ1v) is 8.00. The summed E-state index contributed by atoms with van der Waals surface area (Å²) in [5, 5.41) is 2.96. The molecule has 0 aliphatic carbocycles. The van der Waals surface area contributed by atoms with Crippen LogP contribution in [0.5, 0.6) is 0 Å². The molecule has 116 valence electrons. The van der Waals surface area contributed by atoms with Crippen molar-refractivity contribution < 1.29 is 4.79 Å². The fraction of sp³-hybridized carbons (Fsp3) is 0.312. The van der Waals surface area contributed by atoms with E-state index in [1.165, 1.54) is 17.8 Å². The van der Waals surface area contributed by atoms with Gasteiger partial charge in [-0.05, 0) is 32.4 Å². The number of anilines is 1. The highest BCUT2D eigenvalue weighted by atomic mass is 32.2. The number of hydrogen-bond donors (Lipinski definition) is 2. The van der Waals surface area contributed by atoms with Crippen molar-refractivity contribution in [2.24, 2.45) is 0 Å². The van der Waals surface area contributed by atoms with Gasteiger partial charge in [0.2, 0.25) is 5.91 Å². The number of amides is 1. The van der Waals surface area contributed by atoms with Crippen LogP contribution in [0.4, 0.5) is 5.69 Å². The molecule has 2 rings (SSSR count). The van der Waals surface area contributed by atoms with E-state index in [4.69, 9.17) is 0 Å². The predicted molar refractivity (Wildman–Crippen MR) is 89.4 cm³/mol. The second kappa shape index (κ2) is 7.26. The Balaban J connectivity index is 2.03. The van der Waals surface area contributed by atoms with Gasteiger partial charge in [-0.3, -0.25) is 9.59 Å². The van der Waals surface area contributed by atoms with Crippen LogP contribution in [-0.2, 0) is 11.2 Å². The quantitative estimate of drug-likeness (QED) is 0.657. The minimum absolute atomic E-state index is 0.126. The topological polar surface area (TPSA) is 74.8 Å². The van der Waals surface area contributed by atoms with Crippen molar-refractivity contribution in [3.63, 3.8) is 0 Å².